The summed E-state index contributed by atoms with van der Waals surface area (Å²) in [4.78, 5) is 7.90. The van der Waals surface area contributed by atoms with Crippen LogP contribution in [0.2, 0.25) is 0 Å². The zero-order chi connectivity index (χ0) is 18.7. The standard InChI is InChI=1S/C18H13F2N5O/c19-14-6-5-11(7-15(14)20)26-9-10-3-1-2-4-12(10)16-13(8-21)17(22)25-18(23)24-16/h1-7H,9H2,(H4,22,23,24,25). The van der Waals surface area contributed by atoms with Gasteiger partial charge < -0.3 is 16.2 Å². The molecular formula is C18H13F2N5O. The zero-order valence-electron chi connectivity index (χ0n) is 13.4. The third kappa shape index (κ3) is 3.37. The molecule has 0 saturated heterocycles. The zero-order valence-corrected chi connectivity index (χ0v) is 13.4. The topological polar surface area (TPSA) is 111 Å². The summed E-state index contributed by atoms with van der Waals surface area (Å²) in [5, 5.41) is 9.35. The van der Waals surface area contributed by atoms with Crippen LogP contribution in [0.5, 0.6) is 5.75 Å². The summed E-state index contributed by atoms with van der Waals surface area (Å²) in [7, 11) is 0. The minimum atomic E-state index is -1.00. The molecule has 26 heavy (non-hydrogen) atoms. The Morgan fingerprint density at radius 2 is 1.81 bits per heavy atom. The number of anilines is 2. The lowest BCUT2D eigenvalue weighted by Gasteiger charge is -2.13. The van der Waals surface area contributed by atoms with E-state index in [1.807, 2.05) is 6.07 Å². The van der Waals surface area contributed by atoms with E-state index in [0.717, 1.165) is 12.1 Å². The maximum Gasteiger partial charge on any atom is 0.222 e. The number of nitriles is 1. The minimum absolute atomic E-state index is 0.0219. The van der Waals surface area contributed by atoms with Crippen molar-refractivity contribution >= 4 is 11.8 Å². The molecule has 0 spiro atoms. The molecule has 0 bridgehead atoms. The van der Waals surface area contributed by atoms with Gasteiger partial charge >= 0.3 is 0 Å². The number of hydrogen-bond acceptors (Lipinski definition) is 6. The third-order valence-electron chi connectivity index (χ3n) is 3.62. The van der Waals surface area contributed by atoms with E-state index in [0.29, 0.717) is 11.1 Å². The van der Waals surface area contributed by atoms with Gasteiger partial charge in [0.15, 0.2) is 11.6 Å². The van der Waals surface area contributed by atoms with Gasteiger partial charge in [-0.2, -0.15) is 10.2 Å². The van der Waals surface area contributed by atoms with Crippen LogP contribution in [0.3, 0.4) is 0 Å². The van der Waals surface area contributed by atoms with E-state index in [9.17, 15) is 14.0 Å². The first-order chi connectivity index (χ1) is 12.5. The lowest BCUT2D eigenvalue weighted by atomic mass is 10.0. The molecule has 1 aromatic heterocycles. The molecule has 0 aliphatic rings. The van der Waals surface area contributed by atoms with Crippen molar-refractivity contribution in [3.8, 4) is 23.1 Å². The number of ether oxygens (including phenoxy) is 1. The largest absolute Gasteiger partial charge is 0.489 e. The third-order valence-corrected chi connectivity index (χ3v) is 3.62. The van der Waals surface area contributed by atoms with Crippen LogP contribution in [-0.4, -0.2) is 9.97 Å². The lowest BCUT2D eigenvalue weighted by Crippen LogP contribution is -2.06. The van der Waals surface area contributed by atoms with Gasteiger partial charge in [-0.3, -0.25) is 0 Å². The molecule has 0 fully saturated rings. The molecule has 0 saturated carbocycles. The normalized spacial score (nSPS) is 10.3. The molecule has 3 aromatic rings. The molecule has 0 radical (unpaired) electrons. The van der Waals surface area contributed by atoms with E-state index in [-0.39, 0.29) is 35.4 Å². The predicted molar refractivity (Wildman–Crippen MR) is 91.7 cm³/mol. The number of aromatic nitrogens is 2. The van der Waals surface area contributed by atoms with Crippen molar-refractivity contribution in [3.05, 3.63) is 65.2 Å². The fourth-order valence-corrected chi connectivity index (χ4v) is 2.41. The quantitative estimate of drug-likeness (QED) is 0.746. The van der Waals surface area contributed by atoms with Crippen molar-refractivity contribution in [1.29, 1.82) is 5.26 Å². The highest BCUT2D eigenvalue weighted by Gasteiger charge is 2.16. The van der Waals surface area contributed by atoms with Crippen LogP contribution in [0.4, 0.5) is 20.5 Å². The van der Waals surface area contributed by atoms with Crippen molar-refractivity contribution in [2.24, 2.45) is 0 Å². The van der Waals surface area contributed by atoms with Crippen LogP contribution < -0.4 is 16.2 Å². The van der Waals surface area contributed by atoms with E-state index >= 15 is 0 Å². The van der Waals surface area contributed by atoms with Crippen molar-refractivity contribution in [2.45, 2.75) is 6.61 Å². The number of hydrogen-bond donors (Lipinski definition) is 2. The smallest absolute Gasteiger partial charge is 0.222 e. The number of benzene rings is 2. The van der Waals surface area contributed by atoms with Crippen LogP contribution >= 0.6 is 0 Å². The molecule has 0 aliphatic heterocycles. The number of nitrogens with zero attached hydrogens (tertiary/aromatic N) is 3. The second-order valence-corrected chi connectivity index (χ2v) is 5.32. The summed E-state index contributed by atoms with van der Waals surface area (Å²) in [6.45, 7) is 0.0376. The number of nitrogen functional groups attached to an aromatic ring is 2. The Balaban J connectivity index is 1.97. The van der Waals surface area contributed by atoms with Gasteiger partial charge in [0, 0.05) is 11.6 Å². The van der Waals surface area contributed by atoms with Gasteiger partial charge in [0.2, 0.25) is 5.95 Å². The maximum absolute atomic E-state index is 13.3. The van der Waals surface area contributed by atoms with Gasteiger partial charge in [-0.15, -0.1) is 0 Å². The minimum Gasteiger partial charge on any atom is -0.489 e. The van der Waals surface area contributed by atoms with Crippen LogP contribution in [0.1, 0.15) is 11.1 Å². The van der Waals surface area contributed by atoms with E-state index < -0.39 is 11.6 Å². The second-order valence-electron chi connectivity index (χ2n) is 5.32. The lowest BCUT2D eigenvalue weighted by molar-refractivity contribution is 0.303. The maximum atomic E-state index is 13.3. The molecule has 4 N–H and O–H groups in total. The van der Waals surface area contributed by atoms with Crippen LogP contribution in [0.15, 0.2) is 42.5 Å². The molecule has 0 atom stereocenters. The first-order valence-electron chi connectivity index (χ1n) is 7.49. The molecule has 6 nitrogen and oxygen atoms in total. The van der Waals surface area contributed by atoms with Crippen LogP contribution in [0.25, 0.3) is 11.3 Å². The van der Waals surface area contributed by atoms with E-state index in [1.165, 1.54) is 6.07 Å². The van der Waals surface area contributed by atoms with Crippen LogP contribution in [0, 0.1) is 23.0 Å². The van der Waals surface area contributed by atoms with Crippen molar-refractivity contribution in [1.82, 2.24) is 9.97 Å². The molecule has 0 aliphatic carbocycles. The van der Waals surface area contributed by atoms with E-state index in [2.05, 4.69) is 9.97 Å². The van der Waals surface area contributed by atoms with E-state index in [4.69, 9.17) is 16.2 Å². The van der Waals surface area contributed by atoms with Gasteiger partial charge in [-0.1, -0.05) is 24.3 Å². The Bertz CT molecular complexity index is 1020. The van der Waals surface area contributed by atoms with Gasteiger partial charge in [0.25, 0.3) is 0 Å². The average molecular weight is 353 g/mol. The molecule has 1 heterocycles. The molecule has 0 amide bonds. The summed E-state index contributed by atoms with van der Waals surface area (Å²) in [5.74, 6) is -1.87. The Morgan fingerprint density at radius 3 is 2.54 bits per heavy atom. The monoisotopic (exact) mass is 353 g/mol. The Labute approximate surface area is 147 Å². The summed E-state index contributed by atoms with van der Waals surface area (Å²) < 4.78 is 31.8. The Kier molecular flexibility index (Phi) is 4.62. The highest BCUT2D eigenvalue weighted by atomic mass is 19.2. The van der Waals surface area contributed by atoms with Gasteiger partial charge in [0.1, 0.15) is 29.8 Å². The fraction of sp³-hybridized carbons (Fsp3) is 0.0556. The molecule has 130 valence electrons. The number of rotatable bonds is 4. The Morgan fingerprint density at radius 1 is 1.04 bits per heavy atom. The molecule has 8 heteroatoms. The summed E-state index contributed by atoms with van der Waals surface area (Å²) in [5.41, 5.74) is 13.0. The SMILES string of the molecule is N#Cc1c(N)nc(N)nc1-c1ccccc1COc1ccc(F)c(F)c1. The van der Waals surface area contributed by atoms with Gasteiger partial charge in [0.05, 0.1) is 5.69 Å². The van der Waals surface area contributed by atoms with Gasteiger partial charge in [-0.05, 0) is 17.7 Å². The summed E-state index contributed by atoms with van der Waals surface area (Å²) in [6, 6.07) is 12.2. The summed E-state index contributed by atoms with van der Waals surface area (Å²) in [6.07, 6.45) is 0. The van der Waals surface area contributed by atoms with Gasteiger partial charge in [-0.25, -0.2) is 13.8 Å². The highest BCUT2D eigenvalue weighted by Crippen LogP contribution is 2.29. The van der Waals surface area contributed by atoms with Crippen molar-refractivity contribution in [2.75, 3.05) is 11.5 Å². The first kappa shape index (κ1) is 17.1. The summed E-state index contributed by atoms with van der Waals surface area (Å²) >= 11 is 0. The number of nitrogens with two attached hydrogens (primary N) is 2. The van der Waals surface area contributed by atoms with E-state index in [1.54, 1.807) is 24.3 Å². The Hall–Kier alpha value is -3.73. The second kappa shape index (κ2) is 7.03. The average Bonchev–Trinajstić information content (AvgIpc) is 2.62. The first-order valence-corrected chi connectivity index (χ1v) is 7.49. The fourth-order valence-electron chi connectivity index (χ4n) is 2.41. The van der Waals surface area contributed by atoms with Crippen molar-refractivity contribution in [3.63, 3.8) is 0 Å². The molecule has 0 unspecified atom stereocenters. The predicted octanol–water partition coefficient (Wildman–Crippen LogP) is 3.04. The highest BCUT2D eigenvalue weighted by molar-refractivity contribution is 5.75. The molecule has 3 rings (SSSR count). The van der Waals surface area contributed by atoms with Crippen molar-refractivity contribution < 1.29 is 13.5 Å². The van der Waals surface area contributed by atoms with Crippen LogP contribution in [-0.2, 0) is 6.61 Å². The molecule has 2 aromatic carbocycles. The molecular weight excluding hydrogens is 340 g/mol. The number of halogens is 2.